The summed E-state index contributed by atoms with van der Waals surface area (Å²) in [6.45, 7) is 8.02. The van der Waals surface area contributed by atoms with Crippen molar-refractivity contribution >= 4 is 5.91 Å². The summed E-state index contributed by atoms with van der Waals surface area (Å²) >= 11 is 0. The van der Waals surface area contributed by atoms with Crippen LogP contribution in [0.3, 0.4) is 0 Å². The Kier molecular flexibility index (Phi) is 6.23. The van der Waals surface area contributed by atoms with Crippen LogP contribution in [0.15, 0.2) is 12.4 Å². The smallest absolute Gasteiger partial charge is 0.257 e. The number of carbonyl (C=O) groups is 1. The normalized spacial score (nSPS) is 20.0. The zero-order valence-electron chi connectivity index (χ0n) is 13.2. The van der Waals surface area contributed by atoms with Gasteiger partial charge in [-0.3, -0.25) is 9.69 Å². The quantitative estimate of drug-likeness (QED) is 0.768. The Morgan fingerprint density at radius 2 is 2.09 bits per heavy atom. The first-order valence-electron chi connectivity index (χ1n) is 7.66. The van der Waals surface area contributed by atoms with Crippen LogP contribution in [-0.2, 0) is 4.74 Å². The third-order valence-corrected chi connectivity index (χ3v) is 3.66. The van der Waals surface area contributed by atoms with Crippen molar-refractivity contribution in [2.45, 2.75) is 20.0 Å². The van der Waals surface area contributed by atoms with Crippen molar-refractivity contribution in [3.63, 3.8) is 0 Å². The third-order valence-electron chi connectivity index (χ3n) is 3.66. The van der Waals surface area contributed by atoms with Gasteiger partial charge in [-0.1, -0.05) is 0 Å². The number of aliphatic hydroxyl groups excluding tert-OH is 1. The summed E-state index contributed by atoms with van der Waals surface area (Å²) in [6, 6.07) is 0. The molecule has 1 fully saturated rings. The molecule has 0 aromatic carbocycles. The number of amides is 1. The van der Waals surface area contributed by atoms with Gasteiger partial charge >= 0.3 is 0 Å². The van der Waals surface area contributed by atoms with Gasteiger partial charge in [-0.2, -0.15) is 0 Å². The number of hydrogen-bond acceptors (Lipinski definition) is 6. The van der Waals surface area contributed by atoms with E-state index in [0.717, 1.165) is 13.1 Å². The molecule has 0 spiro atoms. The number of aryl methyl sites for hydroxylation is 1. The molecular formula is C15H24N4O3. The Morgan fingerprint density at radius 1 is 1.36 bits per heavy atom. The van der Waals surface area contributed by atoms with Crippen LogP contribution in [0, 0.1) is 6.92 Å². The van der Waals surface area contributed by atoms with Crippen molar-refractivity contribution in [3.8, 4) is 0 Å². The molecule has 1 N–H and O–H groups in total. The van der Waals surface area contributed by atoms with Crippen LogP contribution in [0.5, 0.6) is 0 Å². The number of ether oxygens (including phenoxy) is 1. The minimum absolute atomic E-state index is 0.134. The summed E-state index contributed by atoms with van der Waals surface area (Å²) in [7, 11) is 0. The van der Waals surface area contributed by atoms with Gasteiger partial charge in [0.1, 0.15) is 5.82 Å². The lowest BCUT2D eigenvalue weighted by Gasteiger charge is -2.21. The highest BCUT2D eigenvalue weighted by atomic mass is 16.5. The van der Waals surface area contributed by atoms with Gasteiger partial charge in [0.25, 0.3) is 5.91 Å². The molecule has 1 saturated heterocycles. The molecule has 22 heavy (non-hydrogen) atoms. The fourth-order valence-corrected chi connectivity index (χ4v) is 2.47. The number of rotatable bonds is 5. The maximum absolute atomic E-state index is 12.5. The molecular weight excluding hydrogens is 284 g/mol. The molecule has 7 heteroatoms. The third kappa shape index (κ3) is 4.72. The van der Waals surface area contributed by atoms with E-state index >= 15 is 0 Å². The zero-order valence-corrected chi connectivity index (χ0v) is 13.2. The van der Waals surface area contributed by atoms with Crippen LogP contribution in [0.25, 0.3) is 0 Å². The predicted molar refractivity (Wildman–Crippen MR) is 81.6 cm³/mol. The molecule has 122 valence electrons. The molecule has 1 aliphatic heterocycles. The van der Waals surface area contributed by atoms with E-state index in [-0.39, 0.29) is 5.91 Å². The van der Waals surface area contributed by atoms with Gasteiger partial charge in [-0.25, -0.2) is 9.97 Å². The zero-order chi connectivity index (χ0) is 15.9. The molecule has 1 amide bonds. The SMILES string of the molecule is CCOCCN1CCN(C(=O)c2cnc(C)nc2)CC(O)C1. The van der Waals surface area contributed by atoms with Crippen molar-refractivity contribution < 1.29 is 14.6 Å². The number of aliphatic hydroxyl groups is 1. The maximum Gasteiger partial charge on any atom is 0.257 e. The van der Waals surface area contributed by atoms with E-state index < -0.39 is 6.10 Å². The largest absolute Gasteiger partial charge is 0.390 e. The lowest BCUT2D eigenvalue weighted by Crippen LogP contribution is -2.37. The fraction of sp³-hybridized carbons (Fsp3) is 0.667. The molecule has 0 bridgehead atoms. The van der Waals surface area contributed by atoms with E-state index in [2.05, 4.69) is 14.9 Å². The Bertz CT molecular complexity index is 480. The van der Waals surface area contributed by atoms with Crippen molar-refractivity contribution in [2.24, 2.45) is 0 Å². The van der Waals surface area contributed by atoms with Crippen molar-refractivity contribution in [1.82, 2.24) is 19.8 Å². The van der Waals surface area contributed by atoms with Crippen molar-refractivity contribution in [1.29, 1.82) is 0 Å². The lowest BCUT2D eigenvalue weighted by atomic mass is 10.2. The number of hydrogen-bond donors (Lipinski definition) is 1. The average molecular weight is 308 g/mol. The average Bonchev–Trinajstić information content (AvgIpc) is 2.69. The molecule has 1 aromatic heterocycles. The molecule has 0 saturated carbocycles. The van der Waals surface area contributed by atoms with Gasteiger partial charge in [0.05, 0.1) is 18.3 Å². The van der Waals surface area contributed by atoms with Gasteiger partial charge in [0.15, 0.2) is 0 Å². The highest BCUT2D eigenvalue weighted by Gasteiger charge is 2.25. The van der Waals surface area contributed by atoms with E-state index in [1.165, 1.54) is 12.4 Å². The van der Waals surface area contributed by atoms with E-state index in [0.29, 0.717) is 44.2 Å². The second kappa shape index (κ2) is 8.17. The van der Waals surface area contributed by atoms with Crippen LogP contribution >= 0.6 is 0 Å². The van der Waals surface area contributed by atoms with Crippen LogP contribution in [0.1, 0.15) is 23.1 Å². The highest BCUT2D eigenvalue weighted by Crippen LogP contribution is 2.09. The predicted octanol–water partition coefficient (Wildman–Crippen LogP) is -0.0598. The van der Waals surface area contributed by atoms with Gasteiger partial charge in [0, 0.05) is 51.7 Å². The molecule has 1 atom stereocenters. The lowest BCUT2D eigenvalue weighted by molar-refractivity contribution is 0.0650. The molecule has 7 nitrogen and oxygen atoms in total. The van der Waals surface area contributed by atoms with Gasteiger partial charge in [0.2, 0.25) is 0 Å². The van der Waals surface area contributed by atoms with E-state index in [9.17, 15) is 9.90 Å². The first-order valence-corrected chi connectivity index (χ1v) is 7.66. The van der Waals surface area contributed by atoms with Crippen LogP contribution in [0.4, 0.5) is 0 Å². The maximum atomic E-state index is 12.5. The highest BCUT2D eigenvalue weighted by molar-refractivity contribution is 5.93. The summed E-state index contributed by atoms with van der Waals surface area (Å²) in [5, 5.41) is 10.1. The molecule has 2 rings (SSSR count). The Balaban J connectivity index is 1.94. The number of β-amino-alcohol motifs (C(OH)–C–C–N with tert-alkyl or cyclic N) is 1. The molecule has 0 radical (unpaired) electrons. The van der Waals surface area contributed by atoms with Gasteiger partial charge in [-0.05, 0) is 13.8 Å². The van der Waals surface area contributed by atoms with Crippen LogP contribution < -0.4 is 0 Å². The van der Waals surface area contributed by atoms with Crippen LogP contribution in [0.2, 0.25) is 0 Å². The van der Waals surface area contributed by atoms with E-state index in [4.69, 9.17) is 4.74 Å². The van der Waals surface area contributed by atoms with E-state index in [1.54, 1.807) is 11.8 Å². The summed E-state index contributed by atoms with van der Waals surface area (Å²) in [5.41, 5.74) is 0.459. The molecule has 1 unspecified atom stereocenters. The Labute approximate surface area is 130 Å². The number of nitrogens with zero attached hydrogens (tertiary/aromatic N) is 4. The topological polar surface area (TPSA) is 78.8 Å². The molecule has 1 aromatic rings. The van der Waals surface area contributed by atoms with Crippen molar-refractivity contribution in [3.05, 3.63) is 23.8 Å². The van der Waals surface area contributed by atoms with E-state index in [1.807, 2.05) is 6.92 Å². The minimum atomic E-state index is -0.556. The second-order valence-electron chi connectivity index (χ2n) is 5.42. The summed E-state index contributed by atoms with van der Waals surface area (Å²) in [4.78, 5) is 24.4. The standard InChI is InChI=1S/C15H24N4O3/c1-3-22-7-6-18-4-5-19(11-14(20)10-18)15(21)13-8-16-12(2)17-9-13/h8-9,14,20H,3-7,10-11H2,1-2H3. The summed E-state index contributed by atoms with van der Waals surface area (Å²) in [6.07, 6.45) is 2.52. The second-order valence-corrected chi connectivity index (χ2v) is 5.42. The number of carbonyl (C=O) groups excluding carboxylic acids is 1. The first-order chi connectivity index (χ1) is 10.6. The molecule has 2 heterocycles. The monoisotopic (exact) mass is 308 g/mol. The van der Waals surface area contributed by atoms with Gasteiger partial charge in [-0.15, -0.1) is 0 Å². The summed E-state index contributed by atoms with van der Waals surface area (Å²) < 4.78 is 5.35. The fourth-order valence-electron chi connectivity index (χ4n) is 2.47. The first kappa shape index (κ1) is 16.8. The molecule has 0 aliphatic carbocycles. The van der Waals surface area contributed by atoms with Crippen molar-refractivity contribution in [2.75, 3.05) is 45.9 Å². The van der Waals surface area contributed by atoms with Crippen LogP contribution in [-0.4, -0.2) is 82.8 Å². The number of aromatic nitrogens is 2. The van der Waals surface area contributed by atoms with Gasteiger partial charge < -0.3 is 14.7 Å². The Hall–Kier alpha value is -1.57. The molecule has 1 aliphatic rings. The summed E-state index contributed by atoms with van der Waals surface area (Å²) in [5.74, 6) is 0.500. The Morgan fingerprint density at radius 3 is 2.77 bits per heavy atom. The minimum Gasteiger partial charge on any atom is -0.390 e.